The first-order valence-corrected chi connectivity index (χ1v) is 6.29. The lowest BCUT2D eigenvalue weighted by atomic mass is 9.88. The monoisotopic (exact) mass is 249 g/mol. The van der Waals surface area contributed by atoms with Gasteiger partial charge in [0.15, 0.2) is 0 Å². The fourth-order valence-corrected chi connectivity index (χ4v) is 1.79. The van der Waals surface area contributed by atoms with Crippen molar-refractivity contribution in [2.45, 2.75) is 27.2 Å². The molecule has 4 nitrogen and oxygen atoms in total. The molecule has 100 valence electrons. The van der Waals surface area contributed by atoms with Gasteiger partial charge in [0.05, 0.1) is 0 Å². The molecular formula is C14H23N3O. The van der Waals surface area contributed by atoms with Gasteiger partial charge in [0.1, 0.15) is 5.84 Å². The van der Waals surface area contributed by atoms with E-state index >= 15 is 0 Å². The van der Waals surface area contributed by atoms with Gasteiger partial charge in [0, 0.05) is 24.2 Å². The summed E-state index contributed by atoms with van der Waals surface area (Å²) in [7, 11) is 0. The van der Waals surface area contributed by atoms with E-state index in [1.54, 1.807) is 0 Å². The SMILES string of the molecule is CCN(CCC(C)(C)C(N)=NO)c1ccccc1. The summed E-state index contributed by atoms with van der Waals surface area (Å²) in [6.07, 6.45) is 0.839. The lowest BCUT2D eigenvalue weighted by molar-refractivity contribution is 0.305. The standard InChI is InChI=1S/C14H23N3O/c1-4-17(12-8-6-5-7-9-12)11-10-14(2,3)13(15)16-18/h5-9,18H,4,10-11H2,1-3H3,(H2,15,16). The highest BCUT2D eigenvalue weighted by atomic mass is 16.4. The Labute approximate surface area is 109 Å². The molecule has 1 aromatic rings. The summed E-state index contributed by atoms with van der Waals surface area (Å²) in [5, 5.41) is 11.9. The maximum atomic E-state index is 8.76. The summed E-state index contributed by atoms with van der Waals surface area (Å²) in [5.74, 6) is 0.284. The smallest absolute Gasteiger partial charge is 0.144 e. The molecule has 0 radical (unpaired) electrons. The Morgan fingerprint density at radius 2 is 1.94 bits per heavy atom. The quantitative estimate of drug-likeness (QED) is 0.352. The van der Waals surface area contributed by atoms with Crippen LogP contribution < -0.4 is 10.6 Å². The number of amidine groups is 1. The second-order valence-electron chi connectivity index (χ2n) is 5.03. The van der Waals surface area contributed by atoms with Crippen LogP contribution in [0.4, 0.5) is 5.69 Å². The van der Waals surface area contributed by atoms with Crippen LogP contribution in [-0.4, -0.2) is 24.1 Å². The van der Waals surface area contributed by atoms with Gasteiger partial charge in [-0.05, 0) is 25.5 Å². The molecule has 1 rings (SSSR count). The zero-order chi connectivity index (χ0) is 13.6. The molecule has 0 saturated heterocycles. The number of nitrogens with zero attached hydrogens (tertiary/aromatic N) is 2. The van der Waals surface area contributed by atoms with Gasteiger partial charge in [-0.1, -0.05) is 37.2 Å². The van der Waals surface area contributed by atoms with E-state index in [0.717, 1.165) is 19.5 Å². The predicted molar refractivity (Wildman–Crippen MR) is 76.1 cm³/mol. The normalized spacial score (nSPS) is 12.5. The molecule has 0 amide bonds. The Morgan fingerprint density at radius 3 is 2.44 bits per heavy atom. The zero-order valence-corrected chi connectivity index (χ0v) is 11.4. The van der Waals surface area contributed by atoms with E-state index in [4.69, 9.17) is 10.9 Å². The van der Waals surface area contributed by atoms with Crippen molar-refractivity contribution in [3.8, 4) is 0 Å². The maximum absolute atomic E-state index is 8.76. The van der Waals surface area contributed by atoms with E-state index in [2.05, 4.69) is 29.1 Å². The van der Waals surface area contributed by atoms with E-state index < -0.39 is 0 Å². The second-order valence-corrected chi connectivity index (χ2v) is 5.03. The lowest BCUT2D eigenvalue weighted by Gasteiger charge is -2.29. The first-order valence-electron chi connectivity index (χ1n) is 6.29. The average molecular weight is 249 g/mol. The number of hydrogen-bond donors (Lipinski definition) is 2. The van der Waals surface area contributed by atoms with Crippen LogP contribution in [0.15, 0.2) is 35.5 Å². The van der Waals surface area contributed by atoms with Crippen molar-refractivity contribution in [3.05, 3.63) is 30.3 Å². The van der Waals surface area contributed by atoms with Crippen LogP contribution in [0.2, 0.25) is 0 Å². The highest BCUT2D eigenvalue weighted by Gasteiger charge is 2.24. The molecule has 0 unspecified atom stereocenters. The van der Waals surface area contributed by atoms with E-state index in [1.807, 2.05) is 32.0 Å². The van der Waals surface area contributed by atoms with E-state index in [0.29, 0.717) is 0 Å². The van der Waals surface area contributed by atoms with Crippen molar-refractivity contribution in [2.24, 2.45) is 16.3 Å². The van der Waals surface area contributed by atoms with Crippen molar-refractivity contribution in [1.82, 2.24) is 0 Å². The van der Waals surface area contributed by atoms with Crippen LogP contribution in [0.5, 0.6) is 0 Å². The number of benzene rings is 1. The predicted octanol–water partition coefficient (Wildman–Crippen LogP) is 2.68. The van der Waals surface area contributed by atoms with Crippen molar-refractivity contribution >= 4 is 11.5 Å². The minimum absolute atomic E-state index is 0.284. The van der Waals surface area contributed by atoms with Crippen LogP contribution in [0.25, 0.3) is 0 Å². The van der Waals surface area contributed by atoms with Gasteiger partial charge in [-0.2, -0.15) is 0 Å². The van der Waals surface area contributed by atoms with E-state index in [1.165, 1.54) is 5.69 Å². The molecule has 0 saturated carbocycles. The Morgan fingerprint density at radius 1 is 1.33 bits per heavy atom. The highest BCUT2D eigenvalue weighted by molar-refractivity contribution is 5.85. The fraction of sp³-hybridized carbons (Fsp3) is 0.500. The number of oxime groups is 1. The van der Waals surface area contributed by atoms with Crippen LogP contribution in [0, 0.1) is 5.41 Å². The molecule has 0 atom stereocenters. The summed E-state index contributed by atoms with van der Waals surface area (Å²) in [6, 6.07) is 10.3. The molecule has 0 fully saturated rings. The number of rotatable bonds is 6. The van der Waals surface area contributed by atoms with Gasteiger partial charge in [0.2, 0.25) is 0 Å². The zero-order valence-electron chi connectivity index (χ0n) is 11.4. The molecule has 0 spiro atoms. The van der Waals surface area contributed by atoms with Crippen LogP contribution in [0.1, 0.15) is 27.2 Å². The number of para-hydroxylation sites is 1. The minimum atomic E-state index is -0.295. The highest BCUT2D eigenvalue weighted by Crippen LogP contribution is 2.23. The number of hydrogen-bond acceptors (Lipinski definition) is 3. The average Bonchev–Trinajstić information content (AvgIpc) is 2.39. The molecule has 1 aromatic carbocycles. The van der Waals surface area contributed by atoms with Crippen molar-refractivity contribution < 1.29 is 5.21 Å². The largest absolute Gasteiger partial charge is 0.409 e. The van der Waals surface area contributed by atoms with Crippen LogP contribution in [-0.2, 0) is 0 Å². The summed E-state index contributed by atoms with van der Waals surface area (Å²) < 4.78 is 0. The number of anilines is 1. The van der Waals surface area contributed by atoms with Gasteiger partial charge < -0.3 is 15.8 Å². The lowest BCUT2D eigenvalue weighted by Crippen LogP contribution is -2.36. The third-order valence-electron chi connectivity index (χ3n) is 3.31. The summed E-state index contributed by atoms with van der Waals surface area (Å²) in [6.45, 7) is 7.92. The molecule has 0 aliphatic rings. The van der Waals surface area contributed by atoms with Gasteiger partial charge in [-0.3, -0.25) is 0 Å². The summed E-state index contributed by atoms with van der Waals surface area (Å²) in [5.41, 5.74) is 6.61. The third kappa shape index (κ3) is 3.65. The first-order chi connectivity index (χ1) is 8.51. The molecule has 18 heavy (non-hydrogen) atoms. The Bertz CT molecular complexity index is 387. The van der Waals surface area contributed by atoms with Gasteiger partial charge in [-0.15, -0.1) is 0 Å². The molecule has 3 N–H and O–H groups in total. The van der Waals surface area contributed by atoms with Crippen molar-refractivity contribution in [3.63, 3.8) is 0 Å². The number of nitrogens with two attached hydrogens (primary N) is 1. The molecule has 0 aliphatic carbocycles. The second kappa shape index (κ2) is 6.28. The van der Waals surface area contributed by atoms with E-state index in [9.17, 15) is 0 Å². The molecule has 0 aliphatic heterocycles. The molecule has 0 aromatic heterocycles. The first kappa shape index (κ1) is 14.4. The Kier molecular flexibility index (Phi) is 5.01. The third-order valence-corrected chi connectivity index (χ3v) is 3.31. The Balaban J connectivity index is 2.66. The molecule has 0 heterocycles. The van der Waals surface area contributed by atoms with Crippen molar-refractivity contribution in [1.29, 1.82) is 0 Å². The summed E-state index contributed by atoms with van der Waals surface area (Å²) >= 11 is 0. The van der Waals surface area contributed by atoms with Crippen LogP contribution >= 0.6 is 0 Å². The fourth-order valence-electron chi connectivity index (χ4n) is 1.79. The topological polar surface area (TPSA) is 61.8 Å². The molecule has 4 heteroatoms. The van der Waals surface area contributed by atoms with Gasteiger partial charge in [0.25, 0.3) is 0 Å². The van der Waals surface area contributed by atoms with Gasteiger partial charge in [-0.25, -0.2) is 0 Å². The van der Waals surface area contributed by atoms with E-state index in [-0.39, 0.29) is 11.3 Å². The summed E-state index contributed by atoms with van der Waals surface area (Å²) in [4.78, 5) is 2.28. The maximum Gasteiger partial charge on any atom is 0.144 e. The van der Waals surface area contributed by atoms with Gasteiger partial charge >= 0.3 is 0 Å². The molecular weight excluding hydrogens is 226 g/mol. The molecule has 0 bridgehead atoms. The van der Waals surface area contributed by atoms with Crippen LogP contribution in [0.3, 0.4) is 0 Å². The van der Waals surface area contributed by atoms with Crippen molar-refractivity contribution in [2.75, 3.05) is 18.0 Å². The Hall–Kier alpha value is -1.71. The minimum Gasteiger partial charge on any atom is -0.409 e.